The highest BCUT2D eigenvalue weighted by atomic mass is 16.3. The normalized spacial score (nSPS) is 16.1. The third-order valence-corrected chi connectivity index (χ3v) is 2.43. The van der Waals surface area contributed by atoms with Gasteiger partial charge in [0.25, 0.3) is 0 Å². The van der Waals surface area contributed by atoms with E-state index in [0.29, 0.717) is 0 Å². The Kier molecular flexibility index (Phi) is 2.58. The van der Waals surface area contributed by atoms with E-state index in [-0.39, 0.29) is 12.1 Å². The van der Waals surface area contributed by atoms with E-state index in [1.54, 1.807) is 0 Å². The van der Waals surface area contributed by atoms with Crippen LogP contribution in [0.25, 0.3) is 0 Å². The molecule has 1 N–H and O–H groups in total. The zero-order valence-corrected chi connectivity index (χ0v) is 8.20. The second kappa shape index (κ2) is 3.31. The molecule has 2 unspecified atom stereocenters. The predicted molar refractivity (Wildman–Crippen MR) is 50.3 cm³/mol. The molecule has 12 heavy (non-hydrogen) atoms. The number of nitrogens with zero attached hydrogens (tertiary/aromatic N) is 1. The number of aliphatic hydroxyl groups excluding tert-OH is 1. The second-order valence-electron chi connectivity index (χ2n) is 3.47. The fourth-order valence-corrected chi connectivity index (χ4v) is 1.54. The minimum atomic E-state index is -0.296. The average molecular weight is 167 g/mol. The Balaban J connectivity index is 3.00. The van der Waals surface area contributed by atoms with E-state index < -0.39 is 0 Å². The Morgan fingerprint density at radius 1 is 1.17 bits per heavy atom. The number of hydrogen-bond donors (Lipinski definition) is 1. The third-order valence-electron chi connectivity index (χ3n) is 2.43. The third kappa shape index (κ3) is 1.53. The van der Waals surface area contributed by atoms with Crippen LogP contribution in [0.3, 0.4) is 0 Å². The van der Waals surface area contributed by atoms with Gasteiger partial charge in [0, 0.05) is 11.4 Å². The average Bonchev–Trinajstić information content (AvgIpc) is 2.30. The molecule has 0 aliphatic carbocycles. The van der Waals surface area contributed by atoms with E-state index in [9.17, 15) is 5.11 Å². The molecule has 0 spiro atoms. The van der Waals surface area contributed by atoms with Crippen LogP contribution in [0.1, 0.15) is 31.3 Å². The highest BCUT2D eigenvalue weighted by molar-refractivity contribution is 5.15. The summed E-state index contributed by atoms with van der Waals surface area (Å²) in [5.41, 5.74) is 2.42. The van der Waals surface area contributed by atoms with Crippen molar-refractivity contribution >= 4 is 0 Å². The molecular formula is C10H17NO. The molecule has 1 heterocycles. The minimum Gasteiger partial charge on any atom is -0.391 e. The van der Waals surface area contributed by atoms with E-state index in [0.717, 1.165) is 0 Å². The Hall–Kier alpha value is -0.760. The van der Waals surface area contributed by atoms with Crippen molar-refractivity contribution < 1.29 is 5.11 Å². The summed E-state index contributed by atoms with van der Waals surface area (Å²) in [4.78, 5) is 0. The molecule has 2 heteroatoms. The lowest BCUT2D eigenvalue weighted by Gasteiger charge is -2.20. The Morgan fingerprint density at radius 2 is 1.58 bits per heavy atom. The van der Waals surface area contributed by atoms with Gasteiger partial charge in [-0.2, -0.15) is 0 Å². The second-order valence-corrected chi connectivity index (χ2v) is 3.47. The quantitative estimate of drug-likeness (QED) is 0.716. The first kappa shape index (κ1) is 9.33. The fourth-order valence-electron chi connectivity index (χ4n) is 1.54. The molecule has 0 saturated carbocycles. The van der Waals surface area contributed by atoms with Crippen molar-refractivity contribution in [1.82, 2.24) is 4.57 Å². The summed E-state index contributed by atoms with van der Waals surface area (Å²) >= 11 is 0. The van der Waals surface area contributed by atoms with Gasteiger partial charge in [-0.1, -0.05) is 0 Å². The number of rotatable bonds is 2. The zero-order valence-electron chi connectivity index (χ0n) is 8.20. The van der Waals surface area contributed by atoms with Gasteiger partial charge in [-0.15, -0.1) is 0 Å². The van der Waals surface area contributed by atoms with E-state index in [1.165, 1.54) is 11.4 Å². The molecule has 0 aliphatic rings. The monoisotopic (exact) mass is 167 g/mol. The van der Waals surface area contributed by atoms with Gasteiger partial charge in [-0.05, 0) is 39.8 Å². The van der Waals surface area contributed by atoms with Crippen molar-refractivity contribution in [2.24, 2.45) is 0 Å². The van der Waals surface area contributed by atoms with E-state index >= 15 is 0 Å². The van der Waals surface area contributed by atoms with Crippen LogP contribution in [0.4, 0.5) is 0 Å². The molecule has 0 bridgehead atoms. The smallest absolute Gasteiger partial charge is 0.0716 e. The number of aromatic nitrogens is 1. The highest BCUT2D eigenvalue weighted by Gasteiger charge is 2.13. The minimum absolute atomic E-state index is 0.167. The summed E-state index contributed by atoms with van der Waals surface area (Å²) in [7, 11) is 0. The van der Waals surface area contributed by atoms with Gasteiger partial charge in [0.15, 0.2) is 0 Å². The van der Waals surface area contributed by atoms with Gasteiger partial charge in [0.05, 0.1) is 12.1 Å². The maximum atomic E-state index is 9.42. The molecular weight excluding hydrogens is 150 g/mol. The maximum Gasteiger partial charge on any atom is 0.0716 e. The summed E-state index contributed by atoms with van der Waals surface area (Å²) in [5, 5.41) is 9.42. The summed E-state index contributed by atoms with van der Waals surface area (Å²) < 4.78 is 2.16. The molecule has 1 aromatic heterocycles. The topological polar surface area (TPSA) is 25.2 Å². The summed E-state index contributed by atoms with van der Waals surface area (Å²) in [6.45, 7) is 7.98. The number of aliphatic hydroxyl groups is 1. The van der Waals surface area contributed by atoms with Crippen LogP contribution in [-0.4, -0.2) is 15.8 Å². The van der Waals surface area contributed by atoms with Crippen LogP contribution in [0.2, 0.25) is 0 Å². The van der Waals surface area contributed by atoms with Gasteiger partial charge in [0.1, 0.15) is 0 Å². The molecule has 0 fully saturated rings. The molecule has 0 aliphatic heterocycles. The Bertz CT molecular complexity index is 243. The van der Waals surface area contributed by atoms with Gasteiger partial charge in [-0.25, -0.2) is 0 Å². The zero-order chi connectivity index (χ0) is 9.30. The van der Waals surface area contributed by atoms with Gasteiger partial charge in [-0.3, -0.25) is 0 Å². The number of aryl methyl sites for hydroxylation is 2. The maximum absolute atomic E-state index is 9.42. The van der Waals surface area contributed by atoms with Gasteiger partial charge >= 0.3 is 0 Å². The lowest BCUT2D eigenvalue weighted by molar-refractivity contribution is 0.137. The lowest BCUT2D eigenvalue weighted by Crippen LogP contribution is -2.19. The molecule has 2 nitrogen and oxygen atoms in total. The van der Waals surface area contributed by atoms with Crippen LogP contribution >= 0.6 is 0 Å². The molecule has 1 aromatic rings. The molecule has 68 valence electrons. The first-order valence-corrected chi connectivity index (χ1v) is 4.36. The summed E-state index contributed by atoms with van der Waals surface area (Å²) in [6, 6.07) is 4.32. The fraction of sp³-hybridized carbons (Fsp3) is 0.600. The first-order valence-electron chi connectivity index (χ1n) is 4.36. The van der Waals surface area contributed by atoms with Gasteiger partial charge < -0.3 is 9.67 Å². The van der Waals surface area contributed by atoms with Gasteiger partial charge in [0.2, 0.25) is 0 Å². The predicted octanol–water partition coefficient (Wildman–Crippen LogP) is 2.05. The van der Waals surface area contributed by atoms with Crippen molar-refractivity contribution in [3.05, 3.63) is 23.5 Å². The number of hydrogen-bond acceptors (Lipinski definition) is 1. The van der Waals surface area contributed by atoms with Crippen LogP contribution in [0.5, 0.6) is 0 Å². The molecule has 1 rings (SSSR count). The van der Waals surface area contributed by atoms with Crippen molar-refractivity contribution in [2.45, 2.75) is 39.8 Å². The molecule has 0 aromatic carbocycles. The summed E-state index contributed by atoms with van der Waals surface area (Å²) in [6.07, 6.45) is -0.296. The molecule has 0 radical (unpaired) electrons. The largest absolute Gasteiger partial charge is 0.391 e. The lowest BCUT2D eigenvalue weighted by atomic mass is 10.2. The van der Waals surface area contributed by atoms with Crippen molar-refractivity contribution in [2.75, 3.05) is 0 Å². The SMILES string of the molecule is Cc1ccc(C)n1C(C)C(C)O. The highest BCUT2D eigenvalue weighted by Crippen LogP contribution is 2.17. The van der Waals surface area contributed by atoms with Crippen LogP contribution in [-0.2, 0) is 0 Å². The Morgan fingerprint density at radius 3 is 1.92 bits per heavy atom. The van der Waals surface area contributed by atoms with E-state index in [4.69, 9.17) is 0 Å². The molecule has 2 atom stereocenters. The van der Waals surface area contributed by atoms with Crippen molar-refractivity contribution in [3.8, 4) is 0 Å². The van der Waals surface area contributed by atoms with Crippen molar-refractivity contribution in [3.63, 3.8) is 0 Å². The van der Waals surface area contributed by atoms with Crippen LogP contribution < -0.4 is 0 Å². The molecule has 0 saturated heterocycles. The van der Waals surface area contributed by atoms with E-state index in [1.807, 2.05) is 13.8 Å². The van der Waals surface area contributed by atoms with E-state index in [2.05, 4.69) is 30.5 Å². The molecule has 0 amide bonds. The first-order chi connectivity index (χ1) is 5.54. The summed E-state index contributed by atoms with van der Waals surface area (Å²) in [5.74, 6) is 0. The van der Waals surface area contributed by atoms with Crippen LogP contribution in [0, 0.1) is 13.8 Å². The Labute approximate surface area is 73.8 Å². The standard InChI is InChI=1S/C10H17NO/c1-7-5-6-8(2)11(7)9(3)10(4)12/h5-6,9-10,12H,1-4H3. The van der Waals surface area contributed by atoms with Crippen LogP contribution in [0.15, 0.2) is 12.1 Å². The van der Waals surface area contributed by atoms with Crippen molar-refractivity contribution in [1.29, 1.82) is 0 Å².